The molecule has 58 heavy (non-hydrogen) atoms. The van der Waals surface area contributed by atoms with Gasteiger partial charge in [0.05, 0.1) is 37.3 Å². The normalized spacial score (nSPS) is 17.8. The first-order chi connectivity index (χ1) is 27.9. The molecule has 1 saturated heterocycles. The van der Waals surface area contributed by atoms with Crippen LogP contribution in [-0.4, -0.2) is 43.9 Å². The standard InChI is InChI=1S/C42H38F2N6O6S2/c1-56-32-14-9-26(16-28(32)22-47-17-25-15-27(21-47)31-3-2-4-33(51)48(31)20-25)34(35-37(52)46-42(58)49(39(35)54)18-23-5-10-29(43)11-6-23)36-38(53)45-41(55)50(40(36)57)19-24-7-12-30(44)13-8-24/h2-14,16,25,27,34,54,57H,15,17-22H2,1H3,(H,45,53,55)(H,46,52,58)/t25-,27+,34?/m1/s1. The zero-order valence-electron chi connectivity index (χ0n) is 31.2. The molecule has 2 aliphatic heterocycles. The number of nitrogens with one attached hydrogen (secondary N) is 3. The number of hydrogen-bond acceptors (Lipinski definition) is 8. The van der Waals surface area contributed by atoms with Crippen molar-refractivity contribution in [3.63, 3.8) is 0 Å². The maximum absolute atomic E-state index is 14.6. The lowest BCUT2D eigenvalue weighted by Crippen LogP contribution is -3.13. The lowest BCUT2D eigenvalue weighted by molar-refractivity contribution is -0.924. The van der Waals surface area contributed by atoms with Crippen LogP contribution in [0.5, 0.6) is 11.6 Å². The smallest absolute Gasteiger partial charge is 0.329 e. The lowest BCUT2D eigenvalue weighted by Gasteiger charge is -2.40. The fourth-order valence-corrected chi connectivity index (χ4v) is 9.25. The summed E-state index contributed by atoms with van der Waals surface area (Å²) in [5.41, 5.74) is 0.127. The summed E-state index contributed by atoms with van der Waals surface area (Å²) in [4.78, 5) is 60.4. The van der Waals surface area contributed by atoms with E-state index in [0.29, 0.717) is 35.5 Å². The predicted octanol–water partition coefficient (Wildman–Crippen LogP) is 3.05. The molecule has 5 heterocycles. The van der Waals surface area contributed by atoms with E-state index in [0.717, 1.165) is 35.3 Å². The Kier molecular flexibility index (Phi) is 10.6. The van der Waals surface area contributed by atoms with Crippen molar-refractivity contribution in [3.8, 4) is 11.6 Å². The number of benzene rings is 3. The number of pyridine rings is 1. The van der Waals surface area contributed by atoms with E-state index in [2.05, 4.69) is 9.97 Å². The summed E-state index contributed by atoms with van der Waals surface area (Å²) >= 11 is 10.2. The Morgan fingerprint density at radius 2 is 1.53 bits per heavy atom. The minimum absolute atomic E-state index is 0.00519. The number of aromatic nitrogens is 5. The van der Waals surface area contributed by atoms with Gasteiger partial charge in [-0.15, -0.1) is 12.6 Å². The predicted molar refractivity (Wildman–Crippen MR) is 215 cm³/mol. The fourth-order valence-electron chi connectivity index (χ4n) is 8.62. The van der Waals surface area contributed by atoms with Gasteiger partial charge in [0.25, 0.3) is 16.7 Å². The molecule has 298 valence electrons. The second kappa shape index (κ2) is 15.8. The van der Waals surface area contributed by atoms with E-state index in [1.165, 1.54) is 58.0 Å². The van der Waals surface area contributed by atoms with Crippen molar-refractivity contribution in [1.82, 2.24) is 23.7 Å². The number of quaternary nitrogens is 1. The molecule has 3 aromatic carbocycles. The van der Waals surface area contributed by atoms with Gasteiger partial charge in [-0.2, -0.15) is 0 Å². The minimum Gasteiger partial charge on any atom is -0.860 e. The van der Waals surface area contributed by atoms with Gasteiger partial charge >= 0.3 is 5.69 Å². The first-order valence-electron chi connectivity index (χ1n) is 18.7. The topological polar surface area (TPSA) is 151 Å². The van der Waals surface area contributed by atoms with E-state index in [1.807, 2.05) is 10.6 Å². The van der Waals surface area contributed by atoms with Gasteiger partial charge in [-0.25, -0.2) is 13.6 Å². The van der Waals surface area contributed by atoms with Gasteiger partial charge in [-0.1, -0.05) is 36.4 Å². The van der Waals surface area contributed by atoms with Gasteiger partial charge < -0.3 is 23.9 Å². The van der Waals surface area contributed by atoms with E-state index in [4.69, 9.17) is 29.6 Å². The second-order valence-corrected chi connectivity index (χ2v) is 15.7. The highest BCUT2D eigenvalue weighted by atomic mass is 32.1. The Hall–Kier alpha value is -5.84. The van der Waals surface area contributed by atoms with Crippen LogP contribution in [0.1, 0.15) is 57.3 Å². The van der Waals surface area contributed by atoms with Crippen LogP contribution in [0.4, 0.5) is 8.78 Å². The largest absolute Gasteiger partial charge is 0.860 e. The van der Waals surface area contributed by atoms with Crippen LogP contribution in [0.3, 0.4) is 0 Å². The van der Waals surface area contributed by atoms with E-state index in [-0.39, 0.29) is 51.4 Å². The van der Waals surface area contributed by atoms with Gasteiger partial charge in [0, 0.05) is 53.7 Å². The van der Waals surface area contributed by atoms with Gasteiger partial charge in [-0.3, -0.25) is 28.9 Å². The Balaban J connectivity index is 1.28. The number of ether oxygens (including phenoxy) is 1. The average Bonchev–Trinajstić information content (AvgIpc) is 3.19. The highest BCUT2D eigenvalue weighted by molar-refractivity contribution is 7.80. The third-order valence-electron chi connectivity index (χ3n) is 11.2. The van der Waals surface area contributed by atoms with Crippen molar-refractivity contribution in [2.45, 2.75) is 49.5 Å². The van der Waals surface area contributed by atoms with Crippen molar-refractivity contribution in [1.29, 1.82) is 0 Å². The van der Waals surface area contributed by atoms with Crippen molar-refractivity contribution in [2.75, 3.05) is 20.2 Å². The zero-order chi connectivity index (χ0) is 40.8. The molecule has 2 bridgehead atoms. The van der Waals surface area contributed by atoms with E-state index in [1.54, 1.807) is 37.4 Å². The molecule has 2 unspecified atom stereocenters. The Labute approximate surface area is 340 Å². The quantitative estimate of drug-likeness (QED) is 0.0943. The first kappa shape index (κ1) is 39.0. The SMILES string of the molecule is COc1ccc(C(c2c(S)n(Cc3ccc(F)cc3)c(=O)[nH]c2=O)c2c([O-])n(Cc3ccc(F)cc3)c(=S)[nH]c2=O)cc1C[NH+]1C[C@H]2C[C@@H](C1)c1cccc(=O)n1C2. The maximum Gasteiger partial charge on any atom is 0.329 e. The van der Waals surface area contributed by atoms with E-state index in [9.17, 15) is 33.1 Å². The molecule has 4 atom stereocenters. The number of likely N-dealkylation sites (tertiary alicyclic amines) is 1. The molecular formula is C42H38F2N6O6S2. The minimum atomic E-state index is -1.39. The van der Waals surface area contributed by atoms with Crippen molar-refractivity contribution >= 4 is 24.8 Å². The van der Waals surface area contributed by atoms with Crippen molar-refractivity contribution in [3.05, 3.63) is 182 Å². The molecule has 8 rings (SSSR count). The molecular weight excluding hydrogens is 787 g/mol. The number of rotatable bonds is 10. The third-order valence-corrected chi connectivity index (χ3v) is 12.0. The highest BCUT2D eigenvalue weighted by Crippen LogP contribution is 2.37. The number of H-pyrrole nitrogens is 2. The van der Waals surface area contributed by atoms with Crippen LogP contribution >= 0.6 is 24.8 Å². The van der Waals surface area contributed by atoms with Crippen molar-refractivity contribution in [2.24, 2.45) is 5.92 Å². The maximum atomic E-state index is 14.6. The van der Waals surface area contributed by atoms with Crippen molar-refractivity contribution < 1.29 is 23.5 Å². The van der Waals surface area contributed by atoms with Crippen LogP contribution in [0.25, 0.3) is 0 Å². The van der Waals surface area contributed by atoms with Crippen LogP contribution < -0.4 is 37.1 Å². The Morgan fingerprint density at radius 3 is 2.21 bits per heavy atom. The monoisotopic (exact) mass is 824 g/mol. The first-order valence-corrected chi connectivity index (χ1v) is 19.5. The molecule has 3 N–H and O–H groups in total. The molecule has 16 heteroatoms. The summed E-state index contributed by atoms with van der Waals surface area (Å²) < 4.78 is 37.5. The Bertz CT molecular complexity index is 2730. The lowest BCUT2D eigenvalue weighted by atomic mass is 9.82. The summed E-state index contributed by atoms with van der Waals surface area (Å²) in [7, 11) is 1.54. The van der Waals surface area contributed by atoms with Crippen LogP contribution in [-0.2, 0) is 26.2 Å². The van der Waals surface area contributed by atoms with Gasteiger partial charge in [0.2, 0.25) is 0 Å². The summed E-state index contributed by atoms with van der Waals surface area (Å²) in [6, 6.07) is 21.5. The molecule has 0 spiro atoms. The molecule has 1 fully saturated rings. The number of piperidine rings is 1. The molecule has 3 aromatic heterocycles. The van der Waals surface area contributed by atoms with Gasteiger partial charge in [0.15, 0.2) is 4.77 Å². The highest BCUT2D eigenvalue weighted by Gasteiger charge is 2.38. The number of methoxy groups -OCH3 is 1. The fraction of sp³-hybridized carbons (Fsp3) is 0.262. The zero-order valence-corrected chi connectivity index (χ0v) is 32.9. The number of aromatic amines is 2. The van der Waals surface area contributed by atoms with E-state index < -0.39 is 40.2 Å². The molecule has 0 radical (unpaired) electrons. The average molecular weight is 825 g/mol. The van der Waals surface area contributed by atoms with E-state index >= 15 is 0 Å². The molecule has 0 amide bonds. The molecule has 12 nitrogen and oxygen atoms in total. The molecule has 2 aliphatic rings. The van der Waals surface area contributed by atoms with Crippen LogP contribution in [0, 0.1) is 22.3 Å². The number of hydrogen-bond donors (Lipinski definition) is 4. The van der Waals surface area contributed by atoms with Gasteiger partial charge in [0.1, 0.15) is 23.9 Å². The summed E-state index contributed by atoms with van der Waals surface area (Å²) in [6.07, 6.45) is 0.971. The Morgan fingerprint density at radius 1 is 0.879 bits per heavy atom. The second-order valence-electron chi connectivity index (χ2n) is 14.9. The molecule has 6 aromatic rings. The summed E-state index contributed by atoms with van der Waals surface area (Å²) in [5.74, 6) is -2.15. The number of nitrogens with zero attached hydrogens (tertiary/aromatic N) is 3. The molecule has 0 aliphatic carbocycles. The molecule has 0 saturated carbocycles. The summed E-state index contributed by atoms with van der Waals surface area (Å²) in [6.45, 7) is 2.41. The third kappa shape index (κ3) is 7.50. The number of thiol groups is 1. The van der Waals surface area contributed by atoms with Crippen LogP contribution in [0.2, 0.25) is 0 Å². The number of halogens is 2. The number of fused-ring (bicyclic) bond motifs is 4. The van der Waals surface area contributed by atoms with Gasteiger partial charge in [-0.05, 0) is 83.7 Å². The van der Waals surface area contributed by atoms with Crippen LogP contribution in [0.15, 0.2) is 109 Å². The summed E-state index contributed by atoms with van der Waals surface area (Å²) in [5, 5.41) is 14.5.